The summed E-state index contributed by atoms with van der Waals surface area (Å²) in [6.45, 7) is 10.4. The first-order chi connectivity index (χ1) is 14.5. The fourth-order valence-corrected chi connectivity index (χ4v) is 3.86. The molecule has 0 aliphatic heterocycles. The van der Waals surface area contributed by atoms with Gasteiger partial charge in [0.2, 0.25) is 5.95 Å². The number of imidazole rings is 1. The van der Waals surface area contributed by atoms with E-state index in [0.29, 0.717) is 29.0 Å². The normalized spacial score (nSPS) is 11.1. The number of aryl methyl sites for hydroxylation is 1. The van der Waals surface area contributed by atoms with Gasteiger partial charge in [-0.15, -0.1) is 0 Å². The maximum Gasteiger partial charge on any atom is 0.208 e. The van der Waals surface area contributed by atoms with Gasteiger partial charge in [-0.25, -0.2) is 4.98 Å². The Labute approximate surface area is 178 Å². The number of fused-ring (bicyclic) bond motifs is 1. The predicted molar refractivity (Wildman–Crippen MR) is 123 cm³/mol. The quantitative estimate of drug-likeness (QED) is 0.530. The van der Waals surface area contributed by atoms with Crippen LogP contribution in [-0.2, 0) is 6.54 Å². The highest BCUT2D eigenvalue weighted by atomic mass is 16.5. The Balaban J connectivity index is 2.17. The molecule has 3 rings (SSSR count). The van der Waals surface area contributed by atoms with Crippen LogP contribution in [0.5, 0.6) is 17.2 Å². The molecule has 0 spiro atoms. The van der Waals surface area contributed by atoms with Crippen molar-refractivity contribution in [2.75, 3.05) is 38.1 Å². The maximum atomic E-state index is 5.59. The van der Waals surface area contributed by atoms with E-state index in [1.54, 1.807) is 21.3 Å². The first-order valence-electron chi connectivity index (χ1n) is 10.3. The smallest absolute Gasteiger partial charge is 0.208 e. The molecule has 0 bridgehead atoms. The van der Waals surface area contributed by atoms with E-state index in [-0.39, 0.29) is 0 Å². The molecule has 1 N–H and O–H groups in total. The van der Waals surface area contributed by atoms with E-state index >= 15 is 0 Å². The largest absolute Gasteiger partial charge is 0.496 e. The van der Waals surface area contributed by atoms with Gasteiger partial charge in [0, 0.05) is 31.3 Å². The highest BCUT2D eigenvalue weighted by Gasteiger charge is 2.21. The molecule has 3 aromatic rings. The summed E-state index contributed by atoms with van der Waals surface area (Å²) < 4.78 is 18.7. The Morgan fingerprint density at radius 3 is 2.20 bits per heavy atom. The summed E-state index contributed by atoms with van der Waals surface area (Å²) in [6.07, 6.45) is 0. The molecule has 1 heterocycles. The Hall–Kier alpha value is -3.09. The molecular weight excluding hydrogens is 380 g/mol. The Bertz CT molecular complexity index is 988. The van der Waals surface area contributed by atoms with Crippen LogP contribution in [0.25, 0.3) is 11.0 Å². The van der Waals surface area contributed by atoms with Crippen molar-refractivity contribution in [3.05, 3.63) is 30.3 Å². The van der Waals surface area contributed by atoms with Crippen LogP contribution in [0, 0.1) is 0 Å². The van der Waals surface area contributed by atoms with Crippen LogP contribution in [0.3, 0.4) is 0 Å². The Morgan fingerprint density at radius 1 is 1.03 bits per heavy atom. The van der Waals surface area contributed by atoms with Gasteiger partial charge < -0.3 is 29.0 Å². The lowest BCUT2D eigenvalue weighted by atomic mass is 10.2. The van der Waals surface area contributed by atoms with Crippen molar-refractivity contribution in [1.82, 2.24) is 9.55 Å². The number of benzene rings is 2. The lowest BCUT2D eigenvalue weighted by molar-refractivity contribution is 0.378. The maximum absolute atomic E-state index is 5.59. The SMILES string of the molecule is CCN(c1cccc2nc(Nc3c(OC)cc(OC)cc3OC)n(CC)c12)C(C)C. The second kappa shape index (κ2) is 9.15. The second-order valence-electron chi connectivity index (χ2n) is 7.24. The number of anilines is 3. The zero-order chi connectivity index (χ0) is 21.8. The standard InChI is InChI=1S/C23H32N4O3/c1-8-26(15(3)4)18-12-10-11-17-22(18)27(9-2)23(24-17)25-21-19(29-6)13-16(28-5)14-20(21)30-7/h10-15H,8-9H2,1-7H3,(H,24,25). The third-order valence-electron chi connectivity index (χ3n) is 5.29. The summed E-state index contributed by atoms with van der Waals surface area (Å²) in [5.41, 5.74) is 3.96. The Kier molecular flexibility index (Phi) is 6.59. The molecule has 1 aromatic heterocycles. The number of methoxy groups -OCH3 is 3. The fraction of sp³-hybridized carbons (Fsp3) is 0.435. The average Bonchev–Trinajstić information content (AvgIpc) is 3.11. The van der Waals surface area contributed by atoms with Crippen LogP contribution in [-0.4, -0.2) is 43.5 Å². The lowest BCUT2D eigenvalue weighted by Crippen LogP contribution is -2.30. The second-order valence-corrected chi connectivity index (χ2v) is 7.24. The van der Waals surface area contributed by atoms with E-state index in [0.717, 1.165) is 30.1 Å². The fourth-order valence-electron chi connectivity index (χ4n) is 3.86. The molecule has 0 saturated heterocycles. The van der Waals surface area contributed by atoms with E-state index in [4.69, 9.17) is 19.2 Å². The molecule has 30 heavy (non-hydrogen) atoms. The summed E-state index contributed by atoms with van der Waals surface area (Å²) in [6, 6.07) is 10.3. The summed E-state index contributed by atoms with van der Waals surface area (Å²) in [5, 5.41) is 3.44. The van der Waals surface area contributed by atoms with Crippen LogP contribution in [0.2, 0.25) is 0 Å². The van der Waals surface area contributed by atoms with Crippen molar-refractivity contribution in [3.63, 3.8) is 0 Å². The number of nitrogens with zero attached hydrogens (tertiary/aromatic N) is 3. The Morgan fingerprint density at radius 2 is 1.70 bits per heavy atom. The van der Waals surface area contributed by atoms with Crippen LogP contribution in [0.15, 0.2) is 30.3 Å². The van der Waals surface area contributed by atoms with Crippen LogP contribution < -0.4 is 24.4 Å². The number of nitrogens with one attached hydrogen (secondary N) is 1. The molecule has 0 unspecified atom stereocenters. The molecule has 0 fully saturated rings. The average molecular weight is 413 g/mol. The predicted octanol–water partition coefficient (Wildman–Crippen LogP) is 5.06. The van der Waals surface area contributed by atoms with Crippen molar-refractivity contribution in [1.29, 1.82) is 0 Å². The number of rotatable bonds is 9. The van der Waals surface area contributed by atoms with Gasteiger partial charge in [0.25, 0.3) is 0 Å². The van der Waals surface area contributed by atoms with E-state index < -0.39 is 0 Å². The molecule has 162 valence electrons. The van der Waals surface area contributed by atoms with Gasteiger partial charge in [0.05, 0.1) is 38.1 Å². The minimum atomic E-state index is 0.388. The van der Waals surface area contributed by atoms with Gasteiger partial charge in [-0.2, -0.15) is 0 Å². The molecule has 2 aromatic carbocycles. The molecule has 0 aliphatic carbocycles. The van der Waals surface area contributed by atoms with E-state index in [2.05, 4.69) is 54.6 Å². The molecule has 0 radical (unpaired) electrons. The summed E-state index contributed by atoms with van der Waals surface area (Å²) in [7, 11) is 4.87. The van der Waals surface area contributed by atoms with Gasteiger partial charge in [-0.05, 0) is 39.8 Å². The van der Waals surface area contributed by atoms with Crippen molar-refractivity contribution in [2.24, 2.45) is 0 Å². The molecule has 0 aliphatic rings. The summed E-state index contributed by atoms with van der Waals surface area (Å²) >= 11 is 0. The van der Waals surface area contributed by atoms with Crippen LogP contribution in [0.4, 0.5) is 17.3 Å². The van der Waals surface area contributed by atoms with Gasteiger partial charge in [0.1, 0.15) is 22.9 Å². The van der Waals surface area contributed by atoms with Gasteiger partial charge in [-0.1, -0.05) is 6.07 Å². The zero-order valence-electron chi connectivity index (χ0n) is 18.9. The molecule has 7 heteroatoms. The highest BCUT2D eigenvalue weighted by molar-refractivity contribution is 5.92. The third-order valence-corrected chi connectivity index (χ3v) is 5.29. The number of hydrogen-bond acceptors (Lipinski definition) is 6. The van der Waals surface area contributed by atoms with Gasteiger partial charge >= 0.3 is 0 Å². The molecule has 0 atom stereocenters. The van der Waals surface area contributed by atoms with Crippen molar-refractivity contribution in [2.45, 2.75) is 40.3 Å². The zero-order valence-corrected chi connectivity index (χ0v) is 18.9. The number of ether oxygens (including phenoxy) is 3. The number of aromatic nitrogens is 2. The lowest BCUT2D eigenvalue weighted by Gasteiger charge is -2.28. The van der Waals surface area contributed by atoms with Gasteiger partial charge in [-0.3, -0.25) is 0 Å². The third kappa shape index (κ3) is 3.84. The van der Waals surface area contributed by atoms with E-state index in [9.17, 15) is 0 Å². The minimum absolute atomic E-state index is 0.388. The highest BCUT2D eigenvalue weighted by Crippen LogP contribution is 2.41. The number of hydrogen-bond donors (Lipinski definition) is 1. The topological polar surface area (TPSA) is 60.8 Å². The van der Waals surface area contributed by atoms with Crippen LogP contribution >= 0.6 is 0 Å². The summed E-state index contributed by atoms with van der Waals surface area (Å²) in [4.78, 5) is 7.28. The monoisotopic (exact) mass is 412 g/mol. The van der Waals surface area contributed by atoms with Gasteiger partial charge in [0.15, 0.2) is 0 Å². The van der Waals surface area contributed by atoms with Crippen molar-refractivity contribution >= 4 is 28.4 Å². The van der Waals surface area contributed by atoms with Crippen molar-refractivity contribution < 1.29 is 14.2 Å². The minimum Gasteiger partial charge on any atom is -0.496 e. The molecule has 7 nitrogen and oxygen atoms in total. The summed E-state index contributed by atoms with van der Waals surface area (Å²) in [5.74, 6) is 2.65. The number of para-hydroxylation sites is 1. The van der Waals surface area contributed by atoms with E-state index in [1.165, 1.54) is 5.69 Å². The molecular formula is C23H32N4O3. The first-order valence-corrected chi connectivity index (χ1v) is 10.3. The van der Waals surface area contributed by atoms with Crippen LogP contribution in [0.1, 0.15) is 27.7 Å². The van der Waals surface area contributed by atoms with Crippen molar-refractivity contribution in [3.8, 4) is 17.2 Å². The first kappa shape index (κ1) is 21.6. The molecule has 0 amide bonds. The molecule has 0 saturated carbocycles. The van der Waals surface area contributed by atoms with E-state index in [1.807, 2.05) is 18.2 Å².